The molecule has 0 atom stereocenters. The maximum atomic E-state index is 6.88. The van der Waals surface area contributed by atoms with Crippen LogP contribution in [0, 0.1) is 13.8 Å². The highest BCUT2D eigenvalue weighted by Crippen LogP contribution is 2.54. The highest BCUT2D eigenvalue weighted by atomic mass is 16.5. The molecule has 0 fully saturated rings. The van der Waals surface area contributed by atoms with Gasteiger partial charge in [0.1, 0.15) is 0 Å². The number of aromatic nitrogens is 3. The van der Waals surface area contributed by atoms with Gasteiger partial charge in [-0.2, -0.15) is 0 Å². The maximum Gasteiger partial charge on any atom is 0.151 e. The number of hydrogen-bond acceptors (Lipinski definition) is 4. The van der Waals surface area contributed by atoms with Gasteiger partial charge in [-0.25, -0.2) is 0 Å². The molecule has 1 aliphatic heterocycles. The zero-order valence-electron chi connectivity index (χ0n) is 34.6. The van der Waals surface area contributed by atoms with Crippen molar-refractivity contribution < 1.29 is 4.74 Å². The van der Waals surface area contributed by atoms with E-state index in [2.05, 4.69) is 186 Å². The van der Waals surface area contributed by atoms with Crippen molar-refractivity contribution in [2.75, 3.05) is 4.90 Å². The summed E-state index contributed by atoms with van der Waals surface area (Å²) in [4.78, 5) is 11.5. The second kappa shape index (κ2) is 12.6. The van der Waals surface area contributed by atoms with Gasteiger partial charge in [-0.15, -0.1) is 0 Å². The van der Waals surface area contributed by atoms with Gasteiger partial charge in [0.25, 0.3) is 0 Å². The lowest BCUT2D eigenvalue weighted by atomic mass is 9.61. The van der Waals surface area contributed by atoms with Crippen LogP contribution >= 0.6 is 0 Å². The summed E-state index contributed by atoms with van der Waals surface area (Å²) in [6, 6.07) is 36.0. The molecule has 0 N–H and O–H groups in total. The number of rotatable bonds is 5. The van der Waals surface area contributed by atoms with E-state index in [4.69, 9.17) is 4.74 Å². The van der Waals surface area contributed by atoms with E-state index in [1.165, 1.54) is 44.1 Å². The molecule has 280 valence electrons. The minimum Gasteiger partial charge on any atom is -0.453 e. The quantitative estimate of drug-likeness (QED) is 0.177. The van der Waals surface area contributed by atoms with Crippen LogP contribution in [-0.2, 0) is 21.7 Å². The lowest BCUT2D eigenvalue weighted by Gasteiger charge is -2.43. The van der Waals surface area contributed by atoms with Crippen molar-refractivity contribution in [3.05, 3.63) is 143 Å². The fourth-order valence-corrected chi connectivity index (χ4v) is 8.08. The maximum absolute atomic E-state index is 6.88. The number of ether oxygens (including phenoxy) is 1. The average molecular weight is 727 g/mol. The molecule has 0 saturated carbocycles. The molecule has 0 unspecified atom stereocenters. The van der Waals surface area contributed by atoms with E-state index < -0.39 is 0 Å². The van der Waals surface area contributed by atoms with E-state index in [0.29, 0.717) is 0 Å². The van der Waals surface area contributed by atoms with Crippen LogP contribution < -0.4 is 9.64 Å². The van der Waals surface area contributed by atoms with Crippen LogP contribution in [0.5, 0.6) is 11.5 Å². The molecule has 0 aliphatic carbocycles. The molecule has 5 heteroatoms. The van der Waals surface area contributed by atoms with Crippen molar-refractivity contribution >= 4 is 38.9 Å². The summed E-state index contributed by atoms with van der Waals surface area (Å²) < 4.78 is 9.25. The molecular weight excluding hydrogens is 673 g/mol. The Morgan fingerprint density at radius 2 is 0.982 bits per heavy atom. The number of nitrogens with zero attached hydrogens (tertiary/aromatic N) is 4. The first-order valence-corrected chi connectivity index (χ1v) is 19.6. The third-order valence-electron chi connectivity index (χ3n) is 12.4. The van der Waals surface area contributed by atoms with Crippen LogP contribution in [0.4, 0.5) is 17.1 Å². The van der Waals surface area contributed by atoms with E-state index in [1.54, 1.807) is 0 Å². The van der Waals surface area contributed by atoms with Gasteiger partial charge in [0, 0.05) is 34.0 Å². The minimum atomic E-state index is -0.277. The molecule has 0 amide bonds. The molecular formula is C50H54N4O. The van der Waals surface area contributed by atoms with Gasteiger partial charge in [-0.05, 0) is 131 Å². The lowest BCUT2D eigenvalue weighted by Crippen LogP contribution is -2.40. The third kappa shape index (κ3) is 6.09. The fraction of sp³-hybridized carbons (Fsp3) is 0.320. The second-order valence-electron chi connectivity index (χ2n) is 18.7. The van der Waals surface area contributed by atoms with Crippen LogP contribution in [0.15, 0.2) is 109 Å². The molecule has 5 nitrogen and oxygen atoms in total. The van der Waals surface area contributed by atoms with E-state index in [9.17, 15) is 0 Å². The van der Waals surface area contributed by atoms with Gasteiger partial charge in [-0.1, -0.05) is 93.5 Å². The summed E-state index contributed by atoms with van der Waals surface area (Å²) in [5.41, 5.74) is 13.1. The standard InChI is InChI=1S/C50H54N4O/c1-31-13-18-38(30-52-31)54-41-19-14-33(47(3,4)5)26-39(41)40-27-35(16-20-42(40)54)49(9,10)50(11,12)36-17-22-44-46(29-36)55-45-28-34(48(6,7)8)15-21-43(45)53(44)37-23-24-51-32(2)25-37/h13-30H,1-12H3. The molecule has 0 bridgehead atoms. The molecule has 0 spiro atoms. The predicted octanol–water partition coefficient (Wildman–Crippen LogP) is 13.6. The first-order chi connectivity index (χ1) is 25.8. The van der Waals surface area contributed by atoms with Gasteiger partial charge in [0.05, 0.1) is 34.3 Å². The summed E-state index contributed by atoms with van der Waals surface area (Å²) in [6.45, 7) is 27.2. The van der Waals surface area contributed by atoms with Gasteiger partial charge in [0.15, 0.2) is 11.5 Å². The Bertz CT molecular complexity index is 2610. The zero-order valence-corrected chi connectivity index (χ0v) is 34.6. The number of benzene rings is 4. The molecule has 0 radical (unpaired) electrons. The van der Waals surface area contributed by atoms with E-state index in [1.807, 2.05) is 26.2 Å². The largest absolute Gasteiger partial charge is 0.453 e. The first kappa shape index (κ1) is 36.6. The predicted molar refractivity (Wildman–Crippen MR) is 230 cm³/mol. The number of hydrogen-bond donors (Lipinski definition) is 0. The van der Waals surface area contributed by atoms with Crippen LogP contribution in [0.2, 0.25) is 0 Å². The van der Waals surface area contributed by atoms with E-state index in [-0.39, 0.29) is 21.7 Å². The summed E-state index contributed by atoms with van der Waals surface area (Å²) >= 11 is 0. The Balaban J connectivity index is 1.25. The highest BCUT2D eigenvalue weighted by Gasteiger charge is 2.41. The summed E-state index contributed by atoms with van der Waals surface area (Å²) in [6.07, 6.45) is 3.88. The smallest absolute Gasteiger partial charge is 0.151 e. The fourth-order valence-electron chi connectivity index (χ4n) is 8.08. The third-order valence-corrected chi connectivity index (χ3v) is 12.4. The molecule has 4 aromatic carbocycles. The monoisotopic (exact) mass is 726 g/mol. The van der Waals surface area contributed by atoms with Crippen LogP contribution in [0.3, 0.4) is 0 Å². The minimum absolute atomic E-state index is 0.0106. The molecule has 55 heavy (non-hydrogen) atoms. The summed E-state index contributed by atoms with van der Waals surface area (Å²) in [7, 11) is 0. The first-order valence-electron chi connectivity index (χ1n) is 19.6. The highest BCUT2D eigenvalue weighted by molar-refractivity contribution is 6.10. The van der Waals surface area contributed by atoms with Crippen molar-refractivity contribution in [1.82, 2.24) is 14.5 Å². The summed E-state index contributed by atoms with van der Waals surface area (Å²) in [5, 5.41) is 2.52. The van der Waals surface area contributed by atoms with Crippen molar-refractivity contribution in [2.24, 2.45) is 0 Å². The van der Waals surface area contributed by atoms with E-state index >= 15 is 0 Å². The van der Waals surface area contributed by atoms with Crippen molar-refractivity contribution in [2.45, 2.75) is 105 Å². The molecule has 0 saturated heterocycles. The second-order valence-corrected chi connectivity index (χ2v) is 18.7. The molecule has 8 rings (SSSR count). The number of fused-ring (bicyclic) bond motifs is 5. The van der Waals surface area contributed by atoms with E-state index in [0.717, 1.165) is 45.6 Å². The van der Waals surface area contributed by atoms with Gasteiger partial charge >= 0.3 is 0 Å². The SMILES string of the molecule is Cc1ccc(-n2c3ccc(C(C)(C)C)cc3c3cc(C(C)(C)C(C)(C)c4ccc5c(c4)Oc4cc(C(C)(C)C)ccc4N5c4ccnc(C)c4)ccc32)cn1. The molecule has 7 aromatic rings. The van der Waals surface area contributed by atoms with Gasteiger partial charge in [-0.3, -0.25) is 9.97 Å². The van der Waals surface area contributed by atoms with Crippen molar-refractivity contribution in [3.8, 4) is 17.2 Å². The Morgan fingerprint density at radius 1 is 0.473 bits per heavy atom. The number of aryl methyl sites for hydroxylation is 2. The Morgan fingerprint density at radius 3 is 1.55 bits per heavy atom. The Kier molecular flexibility index (Phi) is 8.35. The lowest BCUT2D eigenvalue weighted by molar-refractivity contribution is 0.302. The zero-order chi connectivity index (χ0) is 39.2. The molecule has 4 heterocycles. The Hall–Kier alpha value is -5.42. The van der Waals surface area contributed by atoms with Crippen LogP contribution in [0.1, 0.15) is 103 Å². The van der Waals surface area contributed by atoms with Gasteiger partial charge < -0.3 is 14.2 Å². The number of pyridine rings is 2. The van der Waals surface area contributed by atoms with Crippen molar-refractivity contribution in [1.29, 1.82) is 0 Å². The number of anilines is 3. The van der Waals surface area contributed by atoms with Gasteiger partial charge in [0.2, 0.25) is 0 Å². The topological polar surface area (TPSA) is 43.2 Å². The molecule has 1 aliphatic rings. The van der Waals surface area contributed by atoms with Crippen molar-refractivity contribution in [3.63, 3.8) is 0 Å². The van der Waals surface area contributed by atoms with Crippen LogP contribution in [-0.4, -0.2) is 14.5 Å². The summed E-state index contributed by atoms with van der Waals surface area (Å²) in [5.74, 6) is 1.72. The Labute approximate surface area is 327 Å². The van der Waals surface area contributed by atoms with Crippen LogP contribution in [0.25, 0.3) is 27.5 Å². The normalized spacial score (nSPS) is 13.6. The molecule has 3 aromatic heterocycles. The average Bonchev–Trinajstić information content (AvgIpc) is 3.46.